The van der Waals surface area contributed by atoms with Crippen LogP contribution in [0.5, 0.6) is 0 Å². The summed E-state index contributed by atoms with van der Waals surface area (Å²) in [5.41, 5.74) is 1.04. The van der Waals surface area contributed by atoms with Gasteiger partial charge in [-0.25, -0.2) is 0 Å². The van der Waals surface area contributed by atoms with Crippen molar-refractivity contribution in [2.75, 3.05) is 0 Å². The average Bonchev–Trinajstić information content (AvgIpc) is 2.01. The van der Waals surface area contributed by atoms with E-state index in [2.05, 4.69) is 15.9 Å². The number of rotatable bonds is 2. The molecule has 1 nitrogen and oxygen atoms in total. The second-order valence-corrected chi connectivity index (χ2v) is 4.61. The summed E-state index contributed by atoms with van der Waals surface area (Å²) in [6.45, 7) is 0. The van der Waals surface area contributed by atoms with Gasteiger partial charge in [-0.2, -0.15) is 0 Å². The van der Waals surface area contributed by atoms with Crippen LogP contribution < -0.4 is 0 Å². The lowest BCUT2D eigenvalue weighted by atomic mass is 9.79. The highest BCUT2D eigenvalue weighted by Gasteiger charge is 2.26. The fraction of sp³-hybridized carbons (Fsp3) is 0.455. The van der Waals surface area contributed by atoms with Crippen LogP contribution in [0.25, 0.3) is 0 Å². The Bertz CT molecular complexity index is 294. The van der Waals surface area contributed by atoms with Crippen LogP contribution in [-0.2, 0) is 0 Å². The first kappa shape index (κ1) is 9.22. The lowest BCUT2D eigenvalue weighted by molar-refractivity contribution is 0.0620. The Labute approximate surface area is 86.9 Å². The second-order valence-electron chi connectivity index (χ2n) is 3.69. The predicted octanol–water partition coefficient (Wildman–Crippen LogP) is 3.28. The lowest BCUT2D eigenvalue weighted by Gasteiger charge is -2.30. The van der Waals surface area contributed by atoms with Crippen molar-refractivity contribution in [3.8, 4) is 0 Å². The normalized spacial score (nSPS) is 19.5. The van der Waals surface area contributed by atoms with Crippen LogP contribution in [-0.4, -0.2) is 5.11 Å². The fourth-order valence-corrected chi connectivity index (χ4v) is 2.14. The molecule has 0 bridgehead atoms. The van der Waals surface area contributed by atoms with Gasteiger partial charge in [-0.1, -0.05) is 34.5 Å². The number of aliphatic hydroxyl groups excluding tert-OH is 1. The SMILES string of the molecule is OC(c1cccc(Br)c1)C1CCC1. The Balaban J connectivity index is 2.14. The van der Waals surface area contributed by atoms with Gasteiger partial charge in [0.2, 0.25) is 0 Å². The maximum Gasteiger partial charge on any atom is 0.0818 e. The van der Waals surface area contributed by atoms with E-state index in [0.717, 1.165) is 10.0 Å². The average molecular weight is 241 g/mol. The molecule has 2 heteroatoms. The Morgan fingerprint density at radius 2 is 2.15 bits per heavy atom. The van der Waals surface area contributed by atoms with E-state index >= 15 is 0 Å². The Hall–Kier alpha value is -0.340. The molecule has 70 valence electrons. The first-order valence-corrected chi connectivity index (χ1v) is 5.50. The molecule has 1 aromatic carbocycles. The number of hydrogen-bond acceptors (Lipinski definition) is 1. The molecular weight excluding hydrogens is 228 g/mol. The number of benzene rings is 1. The van der Waals surface area contributed by atoms with Crippen molar-refractivity contribution >= 4 is 15.9 Å². The molecule has 1 aliphatic carbocycles. The van der Waals surface area contributed by atoms with E-state index in [1.807, 2.05) is 24.3 Å². The largest absolute Gasteiger partial charge is 0.388 e. The zero-order valence-corrected chi connectivity index (χ0v) is 9.00. The predicted molar refractivity (Wildman–Crippen MR) is 56.4 cm³/mol. The molecule has 1 aliphatic rings. The van der Waals surface area contributed by atoms with Crippen molar-refractivity contribution < 1.29 is 5.11 Å². The molecule has 0 radical (unpaired) electrons. The molecule has 0 spiro atoms. The molecule has 0 saturated heterocycles. The van der Waals surface area contributed by atoms with Crippen LogP contribution in [0.15, 0.2) is 28.7 Å². The summed E-state index contributed by atoms with van der Waals surface area (Å²) < 4.78 is 1.04. The molecule has 1 unspecified atom stereocenters. The zero-order chi connectivity index (χ0) is 9.26. The molecule has 13 heavy (non-hydrogen) atoms. The van der Waals surface area contributed by atoms with E-state index in [0.29, 0.717) is 5.92 Å². The smallest absolute Gasteiger partial charge is 0.0818 e. The highest BCUT2D eigenvalue weighted by Crippen LogP contribution is 2.37. The van der Waals surface area contributed by atoms with Gasteiger partial charge in [0.25, 0.3) is 0 Å². The van der Waals surface area contributed by atoms with Crippen molar-refractivity contribution in [3.63, 3.8) is 0 Å². The van der Waals surface area contributed by atoms with Crippen molar-refractivity contribution in [2.24, 2.45) is 5.92 Å². The number of halogens is 1. The molecule has 0 amide bonds. The van der Waals surface area contributed by atoms with Crippen LogP contribution in [0.3, 0.4) is 0 Å². The molecule has 0 aromatic heterocycles. The summed E-state index contributed by atoms with van der Waals surface area (Å²) in [6.07, 6.45) is 3.36. The minimum absolute atomic E-state index is 0.258. The Kier molecular flexibility index (Phi) is 2.70. The van der Waals surface area contributed by atoms with Gasteiger partial charge in [0, 0.05) is 4.47 Å². The third-order valence-electron chi connectivity index (χ3n) is 2.79. The van der Waals surface area contributed by atoms with Crippen LogP contribution in [0.1, 0.15) is 30.9 Å². The Morgan fingerprint density at radius 1 is 1.38 bits per heavy atom. The highest BCUT2D eigenvalue weighted by molar-refractivity contribution is 9.10. The Morgan fingerprint density at radius 3 is 2.69 bits per heavy atom. The van der Waals surface area contributed by atoms with Crippen molar-refractivity contribution in [1.82, 2.24) is 0 Å². The summed E-state index contributed by atoms with van der Waals surface area (Å²) >= 11 is 3.41. The van der Waals surface area contributed by atoms with Crippen molar-refractivity contribution in [1.29, 1.82) is 0 Å². The van der Waals surface area contributed by atoms with Gasteiger partial charge in [0.15, 0.2) is 0 Å². The second kappa shape index (κ2) is 3.81. The van der Waals surface area contributed by atoms with Gasteiger partial charge in [0.1, 0.15) is 0 Å². The summed E-state index contributed by atoms with van der Waals surface area (Å²) in [5.74, 6) is 0.495. The van der Waals surface area contributed by atoms with Crippen LogP contribution in [0, 0.1) is 5.92 Å². The van der Waals surface area contributed by atoms with Crippen molar-refractivity contribution in [3.05, 3.63) is 34.3 Å². The van der Waals surface area contributed by atoms with Gasteiger partial charge in [-0.3, -0.25) is 0 Å². The molecule has 1 N–H and O–H groups in total. The first-order chi connectivity index (χ1) is 6.27. The molecule has 0 heterocycles. The molecule has 1 fully saturated rings. The standard InChI is InChI=1S/C11H13BrO/c12-10-6-2-5-9(7-10)11(13)8-3-1-4-8/h2,5-8,11,13H,1,3-4H2. The molecule has 2 rings (SSSR count). The monoisotopic (exact) mass is 240 g/mol. The third-order valence-corrected chi connectivity index (χ3v) is 3.28. The quantitative estimate of drug-likeness (QED) is 0.842. The molecule has 1 aromatic rings. The zero-order valence-electron chi connectivity index (χ0n) is 7.41. The first-order valence-electron chi connectivity index (χ1n) is 4.71. The van der Waals surface area contributed by atoms with Crippen LogP contribution in [0.4, 0.5) is 0 Å². The van der Waals surface area contributed by atoms with E-state index < -0.39 is 0 Å². The van der Waals surface area contributed by atoms with E-state index in [9.17, 15) is 5.11 Å². The van der Waals surface area contributed by atoms with Gasteiger partial charge in [-0.15, -0.1) is 0 Å². The topological polar surface area (TPSA) is 20.2 Å². The summed E-state index contributed by atoms with van der Waals surface area (Å²) in [5, 5.41) is 9.94. The molecular formula is C11H13BrO. The third kappa shape index (κ3) is 1.94. The van der Waals surface area contributed by atoms with Crippen LogP contribution in [0.2, 0.25) is 0 Å². The minimum atomic E-state index is -0.258. The summed E-state index contributed by atoms with van der Waals surface area (Å²) in [6, 6.07) is 7.95. The molecule has 1 atom stereocenters. The van der Waals surface area contributed by atoms with Gasteiger partial charge in [-0.05, 0) is 36.5 Å². The maximum absolute atomic E-state index is 9.94. The highest BCUT2D eigenvalue weighted by atomic mass is 79.9. The molecule has 1 saturated carbocycles. The van der Waals surface area contributed by atoms with E-state index in [-0.39, 0.29) is 6.10 Å². The van der Waals surface area contributed by atoms with Gasteiger partial charge < -0.3 is 5.11 Å². The number of aliphatic hydroxyl groups is 1. The maximum atomic E-state index is 9.94. The van der Waals surface area contributed by atoms with Crippen molar-refractivity contribution in [2.45, 2.75) is 25.4 Å². The van der Waals surface area contributed by atoms with Gasteiger partial charge in [0.05, 0.1) is 6.10 Å². The lowest BCUT2D eigenvalue weighted by Crippen LogP contribution is -2.19. The van der Waals surface area contributed by atoms with Crippen LogP contribution >= 0.6 is 15.9 Å². The fourth-order valence-electron chi connectivity index (χ4n) is 1.72. The number of hydrogen-bond donors (Lipinski definition) is 1. The summed E-state index contributed by atoms with van der Waals surface area (Å²) in [4.78, 5) is 0. The van der Waals surface area contributed by atoms with Gasteiger partial charge >= 0.3 is 0 Å². The van der Waals surface area contributed by atoms with E-state index in [1.165, 1.54) is 19.3 Å². The van der Waals surface area contributed by atoms with E-state index in [1.54, 1.807) is 0 Å². The minimum Gasteiger partial charge on any atom is -0.388 e. The van der Waals surface area contributed by atoms with E-state index in [4.69, 9.17) is 0 Å². The molecule has 0 aliphatic heterocycles. The summed E-state index contributed by atoms with van der Waals surface area (Å²) in [7, 11) is 0.